The number of rotatable bonds is 10. The number of nitrogens with zero attached hydrogens (tertiary/aromatic N) is 1. The molecule has 0 aliphatic carbocycles. The average molecular weight is 427 g/mol. The Balaban J connectivity index is 1.83. The van der Waals surface area contributed by atoms with Crippen LogP contribution in [0.2, 0.25) is 0 Å². The van der Waals surface area contributed by atoms with Gasteiger partial charge in [0.15, 0.2) is 0 Å². The monoisotopic (exact) mass is 426 g/mol. The highest BCUT2D eigenvalue weighted by Crippen LogP contribution is 2.28. The van der Waals surface area contributed by atoms with Crippen molar-refractivity contribution >= 4 is 15.9 Å². The molecule has 1 N–H and O–H groups in total. The van der Waals surface area contributed by atoms with E-state index in [1.807, 2.05) is 32.9 Å². The molecular formula is C21H34N2O5S. The first kappa shape index (κ1) is 23.8. The van der Waals surface area contributed by atoms with Crippen LogP contribution < -0.4 is 5.32 Å². The standard InChI is InChI=1S/C21H34N2O5S/c1-16-14-17(2)20(18(3)15-16)29(25,26)23-9-6-19(7-10-23)21(24)22-8-5-11-28-13-12-27-4/h14-15,19H,5-13H2,1-4H3,(H,22,24). The lowest BCUT2D eigenvalue weighted by Gasteiger charge is -2.31. The van der Waals surface area contributed by atoms with Crippen LogP contribution in [0.4, 0.5) is 0 Å². The van der Waals surface area contributed by atoms with Crippen molar-refractivity contribution in [2.24, 2.45) is 5.92 Å². The molecule has 1 saturated heterocycles. The zero-order chi connectivity index (χ0) is 21.4. The Morgan fingerprint density at radius 1 is 1.10 bits per heavy atom. The van der Waals surface area contributed by atoms with E-state index in [1.54, 1.807) is 7.11 Å². The maximum absolute atomic E-state index is 13.1. The lowest BCUT2D eigenvalue weighted by atomic mass is 9.97. The summed E-state index contributed by atoms with van der Waals surface area (Å²) in [5, 5.41) is 2.93. The zero-order valence-electron chi connectivity index (χ0n) is 18.0. The molecule has 164 valence electrons. The van der Waals surface area contributed by atoms with Gasteiger partial charge in [0.05, 0.1) is 18.1 Å². The Hall–Kier alpha value is -1.48. The van der Waals surface area contributed by atoms with E-state index in [-0.39, 0.29) is 11.8 Å². The van der Waals surface area contributed by atoms with E-state index in [4.69, 9.17) is 9.47 Å². The molecule has 1 aromatic carbocycles. The summed E-state index contributed by atoms with van der Waals surface area (Å²) in [5.41, 5.74) is 2.60. The summed E-state index contributed by atoms with van der Waals surface area (Å²) in [5.74, 6) is -0.141. The Morgan fingerprint density at radius 2 is 1.72 bits per heavy atom. The molecule has 0 radical (unpaired) electrons. The fourth-order valence-corrected chi connectivity index (χ4v) is 5.72. The minimum atomic E-state index is -3.55. The minimum absolute atomic E-state index is 0.00152. The molecule has 0 atom stereocenters. The van der Waals surface area contributed by atoms with Crippen molar-refractivity contribution < 1.29 is 22.7 Å². The van der Waals surface area contributed by atoms with E-state index in [0.717, 1.165) is 23.1 Å². The van der Waals surface area contributed by atoms with Crippen LogP contribution in [0.5, 0.6) is 0 Å². The summed E-state index contributed by atoms with van der Waals surface area (Å²) in [4.78, 5) is 12.8. The summed E-state index contributed by atoms with van der Waals surface area (Å²) >= 11 is 0. The third kappa shape index (κ3) is 6.50. The van der Waals surface area contributed by atoms with E-state index in [2.05, 4.69) is 5.32 Å². The van der Waals surface area contributed by atoms with Crippen LogP contribution in [-0.2, 0) is 24.3 Å². The largest absolute Gasteiger partial charge is 0.382 e. The summed E-state index contributed by atoms with van der Waals surface area (Å²) < 4.78 is 38.1. The number of nitrogens with one attached hydrogen (secondary N) is 1. The molecule has 1 aromatic rings. The molecule has 29 heavy (non-hydrogen) atoms. The number of carbonyl (C=O) groups is 1. The van der Waals surface area contributed by atoms with Crippen molar-refractivity contribution in [3.63, 3.8) is 0 Å². The van der Waals surface area contributed by atoms with Gasteiger partial charge in [0.1, 0.15) is 0 Å². The maximum atomic E-state index is 13.1. The van der Waals surface area contributed by atoms with Crippen molar-refractivity contribution in [3.8, 4) is 0 Å². The van der Waals surface area contributed by atoms with Gasteiger partial charge in [-0.05, 0) is 51.2 Å². The predicted molar refractivity (Wildman–Crippen MR) is 112 cm³/mol. The summed E-state index contributed by atoms with van der Waals surface area (Å²) in [6.07, 6.45) is 1.83. The summed E-state index contributed by atoms with van der Waals surface area (Å²) in [7, 11) is -1.92. The average Bonchev–Trinajstić information content (AvgIpc) is 2.66. The van der Waals surface area contributed by atoms with Gasteiger partial charge in [-0.15, -0.1) is 0 Å². The molecule has 8 heteroatoms. The summed E-state index contributed by atoms with van der Waals surface area (Å²) in [6, 6.07) is 3.80. The Bertz CT molecular complexity index is 763. The minimum Gasteiger partial charge on any atom is -0.382 e. The third-order valence-corrected chi connectivity index (χ3v) is 7.43. The molecule has 0 unspecified atom stereocenters. The highest BCUT2D eigenvalue weighted by atomic mass is 32.2. The molecule has 0 spiro atoms. The molecular weight excluding hydrogens is 392 g/mol. The van der Waals surface area contributed by atoms with Crippen molar-refractivity contribution in [3.05, 3.63) is 28.8 Å². The van der Waals surface area contributed by atoms with Crippen LogP contribution >= 0.6 is 0 Å². The van der Waals surface area contributed by atoms with Crippen LogP contribution in [0.3, 0.4) is 0 Å². The molecule has 1 aliphatic heterocycles. The van der Waals surface area contributed by atoms with Crippen LogP contribution in [0, 0.1) is 26.7 Å². The van der Waals surface area contributed by atoms with E-state index in [1.165, 1.54) is 4.31 Å². The molecule has 2 rings (SSSR count). The lowest BCUT2D eigenvalue weighted by molar-refractivity contribution is -0.126. The normalized spacial score (nSPS) is 16.1. The van der Waals surface area contributed by atoms with Gasteiger partial charge in [0.25, 0.3) is 0 Å². The topological polar surface area (TPSA) is 84.9 Å². The van der Waals surface area contributed by atoms with Gasteiger partial charge >= 0.3 is 0 Å². The van der Waals surface area contributed by atoms with Gasteiger partial charge in [-0.1, -0.05) is 17.7 Å². The first-order chi connectivity index (χ1) is 13.8. The fourth-order valence-electron chi connectivity index (χ4n) is 3.84. The predicted octanol–water partition coefficient (Wildman–Crippen LogP) is 2.18. The number of carbonyl (C=O) groups excluding carboxylic acids is 1. The number of methoxy groups -OCH3 is 1. The molecule has 1 heterocycles. The Labute approximate surface area is 174 Å². The molecule has 7 nitrogen and oxygen atoms in total. The van der Waals surface area contributed by atoms with Crippen LogP contribution in [0.25, 0.3) is 0 Å². The van der Waals surface area contributed by atoms with Gasteiger partial charge in [0, 0.05) is 39.3 Å². The Kier molecular flexibility index (Phi) is 9.07. The number of hydrogen-bond donors (Lipinski definition) is 1. The van der Waals surface area contributed by atoms with Crippen LogP contribution in [-0.4, -0.2) is 65.2 Å². The number of aryl methyl sites for hydroxylation is 3. The quantitative estimate of drug-likeness (QED) is 0.580. The number of piperidine rings is 1. The number of sulfonamides is 1. The molecule has 0 bridgehead atoms. The number of benzene rings is 1. The van der Waals surface area contributed by atoms with E-state index < -0.39 is 10.0 Å². The van der Waals surface area contributed by atoms with Gasteiger partial charge in [-0.25, -0.2) is 8.42 Å². The molecule has 1 fully saturated rings. The second-order valence-electron chi connectivity index (χ2n) is 7.66. The van der Waals surface area contributed by atoms with Crippen molar-refractivity contribution in [1.29, 1.82) is 0 Å². The number of ether oxygens (including phenoxy) is 2. The zero-order valence-corrected chi connectivity index (χ0v) is 18.8. The van der Waals surface area contributed by atoms with E-state index in [9.17, 15) is 13.2 Å². The SMILES string of the molecule is COCCOCCCNC(=O)C1CCN(S(=O)(=O)c2c(C)cc(C)cc2C)CC1. The lowest BCUT2D eigenvalue weighted by Crippen LogP contribution is -2.43. The van der Waals surface area contributed by atoms with E-state index >= 15 is 0 Å². The van der Waals surface area contributed by atoms with E-state index in [0.29, 0.717) is 57.2 Å². The second kappa shape index (κ2) is 11.1. The highest BCUT2D eigenvalue weighted by Gasteiger charge is 2.33. The second-order valence-corrected chi connectivity index (χ2v) is 9.53. The van der Waals surface area contributed by atoms with Crippen molar-refractivity contribution in [1.82, 2.24) is 9.62 Å². The number of amides is 1. The van der Waals surface area contributed by atoms with Gasteiger partial charge in [0.2, 0.25) is 15.9 Å². The van der Waals surface area contributed by atoms with Crippen LogP contribution in [0.15, 0.2) is 17.0 Å². The van der Waals surface area contributed by atoms with Gasteiger partial charge in [-0.2, -0.15) is 4.31 Å². The number of hydrogen-bond acceptors (Lipinski definition) is 5. The fraction of sp³-hybridized carbons (Fsp3) is 0.667. The molecule has 1 aliphatic rings. The van der Waals surface area contributed by atoms with Crippen molar-refractivity contribution in [2.75, 3.05) is 46.6 Å². The molecule has 0 aromatic heterocycles. The van der Waals surface area contributed by atoms with Crippen molar-refractivity contribution in [2.45, 2.75) is 44.9 Å². The van der Waals surface area contributed by atoms with Crippen LogP contribution in [0.1, 0.15) is 36.0 Å². The molecule has 1 amide bonds. The third-order valence-electron chi connectivity index (χ3n) is 5.22. The summed E-state index contributed by atoms with van der Waals surface area (Å²) in [6.45, 7) is 8.64. The smallest absolute Gasteiger partial charge is 0.243 e. The first-order valence-electron chi connectivity index (χ1n) is 10.2. The molecule has 0 saturated carbocycles. The Morgan fingerprint density at radius 3 is 2.31 bits per heavy atom. The maximum Gasteiger partial charge on any atom is 0.243 e. The van der Waals surface area contributed by atoms with Gasteiger partial charge < -0.3 is 14.8 Å². The first-order valence-corrected chi connectivity index (χ1v) is 11.6. The highest BCUT2D eigenvalue weighted by molar-refractivity contribution is 7.89. The van der Waals surface area contributed by atoms with Gasteiger partial charge in [-0.3, -0.25) is 4.79 Å².